The molecule has 1 unspecified atom stereocenters. The molecule has 1 aliphatic rings. The molecule has 3 aromatic rings. The fourth-order valence-corrected chi connectivity index (χ4v) is 3.78. The Hall–Kier alpha value is -3.85. The van der Waals surface area contributed by atoms with Crippen molar-refractivity contribution in [2.45, 2.75) is 19.2 Å². The van der Waals surface area contributed by atoms with Gasteiger partial charge < -0.3 is 20.5 Å². The third kappa shape index (κ3) is 4.89. The molecular formula is C25H22F3N3O3. The molecule has 176 valence electrons. The van der Waals surface area contributed by atoms with Crippen molar-refractivity contribution in [1.29, 1.82) is 0 Å². The van der Waals surface area contributed by atoms with Gasteiger partial charge in [0.05, 0.1) is 25.3 Å². The third-order valence-electron chi connectivity index (χ3n) is 5.53. The number of alkyl halides is 2. The van der Waals surface area contributed by atoms with Gasteiger partial charge in [-0.2, -0.15) is 13.2 Å². The second-order valence-corrected chi connectivity index (χ2v) is 7.61. The van der Waals surface area contributed by atoms with E-state index in [9.17, 15) is 18.0 Å². The lowest BCUT2D eigenvalue weighted by atomic mass is 9.98. The van der Waals surface area contributed by atoms with Gasteiger partial charge in [-0.3, -0.25) is 9.79 Å². The Kier molecular flexibility index (Phi) is 6.83. The van der Waals surface area contributed by atoms with Crippen LogP contribution in [0.15, 0.2) is 65.7 Å². The van der Waals surface area contributed by atoms with Gasteiger partial charge in [0.15, 0.2) is 0 Å². The highest BCUT2D eigenvalue weighted by atomic mass is 19.3. The number of ether oxygens (including phenoxy) is 2. The van der Waals surface area contributed by atoms with Gasteiger partial charge in [0.2, 0.25) is 5.97 Å². The summed E-state index contributed by atoms with van der Waals surface area (Å²) in [7, 11) is 1.52. The smallest absolute Gasteiger partial charge is 0.387 e. The topological polar surface area (TPSA) is 85.9 Å². The average Bonchev–Trinajstić information content (AvgIpc) is 3.22. The van der Waals surface area contributed by atoms with E-state index in [1.165, 1.54) is 25.3 Å². The summed E-state index contributed by atoms with van der Waals surface area (Å²) in [5.41, 5.74) is 8.72. The minimum Gasteiger partial charge on any atom is -0.497 e. The maximum absolute atomic E-state index is 14.0. The number of nitrogens with zero attached hydrogens (tertiary/aromatic N) is 1. The standard InChI is InChI=1S/C25H22F3N3O3/c1-33-18-4-2-3-16(9-18)21(12-29)31-24(32)20-11-15(7-8-22(20)34-25(27)28)14-5-6-17-13-30-23(26)19(17)10-14/h2-11,21,25H,12-13,29H2,1H3,(H,31,32). The molecule has 1 aliphatic heterocycles. The quantitative estimate of drug-likeness (QED) is 0.504. The number of nitrogens with one attached hydrogen (secondary N) is 1. The van der Waals surface area contributed by atoms with Gasteiger partial charge in [-0.15, -0.1) is 0 Å². The number of fused-ring (bicyclic) bond motifs is 1. The number of halogens is 3. The number of aliphatic imine (C=N–C) groups is 1. The lowest BCUT2D eigenvalue weighted by Crippen LogP contribution is -2.33. The van der Waals surface area contributed by atoms with Crippen LogP contribution in [0.25, 0.3) is 11.1 Å². The number of carbonyl (C=O) groups is 1. The summed E-state index contributed by atoms with van der Waals surface area (Å²) >= 11 is 0. The van der Waals surface area contributed by atoms with Crippen molar-refractivity contribution in [1.82, 2.24) is 5.32 Å². The molecule has 0 aromatic heterocycles. The van der Waals surface area contributed by atoms with Crippen LogP contribution in [0.1, 0.15) is 33.1 Å². The van der Waals surface area contributed by atoms with Crippen LogP contribution >= 0.6 is 0 Å². The first-order valence-corrected chi connectivity index (χ1v) is 10.5. The molecule has 9 heteroatoms. The molecule has 3 N–H and O–H groups in total. The Labute approximate surface area is 194 Å². The lowest BCUT2D eigenvalue weighted by molar-refractivity contribution is -0.0501. The van der Waals surface area contributed by atoms with Crippen molar-refractivity contribution < 1.29 is 27.4 Å². The largest absolute Gasteiger partial charge is 0.497 e. The molecule has 1 amide bonds. The number of benzene rings is 3. The Bertz CT molecular complexity index is 1250. The van der Waals surface area contributed by atoms with Crippen molar-refractivity contribution in [3.63, 3.8) is 0 Å². The molecular weight excluding hydrogens is 447 g/mol. The third-order valence-corrected chi connectivity index (χ3v) is 5.53. The van der Waals surface area contributed by atoms with Gasteiger partial charge in [-0.1, -0.05) is 30.3 Å². The Morgan fingerprint density at radius 1 is 1.12 bits per heavy atom. The minimum absolute atomic E-state index is 0.0626. The highest BCUT2D eigenvalue weighted by Gasteiger charge is 2.22. The molecule has 0 fully saturated rings. The van der Waals surface area contributed by atoms with E-state index in [1.807, 2.05) is 0 Å². The maximum Gasteiger partial charge on any atom is 0.387 e. The molecule has 1 atom stereocenters. The Balaban J connectivity index is 1.68. The van der Waals surface area contributed by atoms with Crippen molar-refractivity contribution in [3.05, 3.63) is 82.9 Å². The summed E-state index contributed by atoms with van der Waals surface area (Å²) in [6, 6.07) is 15.8. The number of nitrogens with two attached hydrogens (primary N) is 1. The molecule has 0 saturated carbocycles. The van der Waals surface area contributed by atoms with Crippen LogP contribution in [0, 0.1) is 0 Å². The second kappa shape index (κ2) is 9.96. The zero-order valence-electron chi connectivity index (χ0n) is 18.2. The maximum atomic E-state index is 14.0. The first-order chi connectivity index (χ1) is 16.4. The Morgan fingerprint density at radius 3 is 2.62 bits per heavy atom. The molecule has 0 radical (unpaired) electrons. The van der Waals surface area contributed by atoms with Crippen molar-refractivity contribution >= 4 is 11.9 Å². The predicted octanol–water partition coefficient (Wildman–Crippen LogP) is 4.62. The van der Waals surface area contributed by atoms with Crippen molar-refractivity contribution in [2.24, 2.45) is 10.7 Å². The van der Waals surface area contributed by atoms with E-state index in [1.54, 1.807) is 42.5 Å². The van der Waals surface area contributed by atoms with E-state index in [4.69, 9.17) is 10.5 Å². The van der Waals surface area contributed by atoms with Gasteiger partial charge in [-0.05, 0) is 52.6 Å². The number of hydrogen-bond donors (Lipinski definition) is 2. The van der Waals surface area contributed by atoms with E-state index in [2.05, 4.69) is 15.0 Å². The van der Waals surface area contributed by atoms with Crippen LogP contribution in [0.4, 0.5) is 13.2 Å². The summed E-state index contributed by atoms with van der Waals surface area (Å²) in [4.78, 5) is 16.9. The highest BCUT2D eigenvalue weighted by molar-refractivity contribution is 6.00. The summed E-state index contributed by atoms with van der Waals surface area (Å²) < 4.78 is 49.8. The fraction of sp³-hybridized carbons (Fsp3) is 0.200. The van der Waals surface area contributed by atoms with Crippen LogP contribution < -0.4 is 20.5 Å². The Morgan fingerprint density at radius 2 is 1.88 bits per heavy atom. The van der Waals surface area contributed by atoms with Crippen molar-refractivity contribution in [2.75, 3.05) is 13.7 Å². The number of rotatable bonds is 8. The molecule has 0 bridgehead atoms. The van der Waals surface area contributed by atoms with E-state index in [0.29, 0.717) is 28.0 Å². The molecule has 1 heterocycles. The number of carbonyl (C=O) groups excluding carboxylic acids is 1. The van der Waals surface area contributed by atoms with Gasteiger partial charge in [0.1, 0.15) is 11.5 Å². The lowest BCUT2D eigenvalue weighted by Gasteiger charge is -2.20. The first-order valence-electron chi connectivity index (χ1n) is 10.5. The monoisotopic (exact) mass is 469 g/mol. The van der Waals surface area contributed by atoms with E-state index >= 15 is 0 Å². The zero-order chi connectivity index (χ0) is 24.2. The van der Waals surface area contributed by atoms with Crippen LogP contribution in [-0.4, -0.2) is 32.1 Å². The fourth-order valence-electron chi connectivity index (χ4n) is 3.78. The van der Waals surface area contributed by atoms with Crippen LogP contribution in [-0.2, 0) is 6.54 Å². The van der Waals surface area contributed by atoms with Gasteiger partial charge in [0, 0.05) is 12.1 Å². The van der Waals surface area contributed by atoms with Gasteiger partial charge >= 0.3 is 6.61 Å². The number of amides is 1. The molecule has 0 aliphatic carbocycles. The highest BCUT2D eigenvalue weighted by Crippen LogP contribution is 2.31. The SMILES string of the molecule is COc1cccc(C(CN)NC(=O)c2cc(-c3ccc4c(c3)C(F)=NC4)ccc2OC(F)F)c1. The summed E-state index contributed by atoms with van der Waals surface area (Å²) in [5, 5.41) is 2.77. The average molecular weight is 469 g/mol. The van der Waals surface area contributed by atoms with E-state index in [-0.39, 0.29) is 24.4 Å². The molecule has 0 spiro atoms. The second-order valence-electron chi connectivity index (χ2n) is 7.61. The van der Waals surface area contributed by atoms with Gasteiger partial charge in [-0.25, -0.2) is 0 Å². The first kappa shape index (κ1) is 23.3. The van der Waals surface area contributed by atoms with Crippen LogP contribution in [0.5, 0.6) is 11.5 Å². The van der Waals surface area contributed by atoms with Gasteiger partial charge in [0.25, 0.3) is 5.91 Å². The molecule has 34 heavy (non-hydrogen) atoms. The van der Waals surface area contributed by atoms with Crippen LogP contribution in [0.2, 0.25) is 0 Å². The molecule has 4 rings (SSSR count). The minimum atomic E-state index is -3.12. The molecule has 3 aromatic carbocycles. The summed E-state index contributed by atoms with van der Waals surface area (Å²) in [6.45, 7) is -2.79. The van der Waals surface area contributed by atoms with Crippen molar-refractivity contribution in [3.8, 4) is 22.6 Å². The number of hydrogen-bond acceptors (Lipinski definition) is 5. The zero-order valence-corrected chi connectivity index (χ0v) is 18.2. The predicted molar refractivity (Wildman–Crippen MR) is 122 cm³/mol. The van der Waals surface area contributed by atoms with E-state index < -0.39 is 24.5 Å². The summed E-state index contributed by atoms with van der Waals surface area (Å²) in [6.07, 6.45) is 0. The van der Waals surface area contributed by atoms with E-state index in [0.717, 1.165) is 5.56 Å². The molecule has 6 nitrogen and oxygen atoms in total. The normalized spacial score (nSPS) is 13.3. The summed E-state index contributed by atoms with van der Waals surface area (Å²) in [5.74, 6) is -0.908. The van der Waals surface area contributed by atoms with Crippen LogP contribution in [0.3, 0.4) is 0 Å². The number of methoxy groups -OCH3 is 1. The molecule has 0 saturated heterocycles.